The quantitative estimate of drug-likeness (QED) is 0.888. The Morgan fingerprint density at radius 3 is 2.90 bits per heavy atom. The molecule has 2 aromatic heterocycles. The van der Waals surface area contributed by atoms with Gasteiger partial charge < -0.3 is 4.52 Å². The van der Waals surface area contributed by atoms with Crippen LogP contribution < -0.4 is 5.32 Å². The highest BCUT2D eigenvalue weighted by atomic mass is 16.5. The number of amides is 1. The first-order chi connectivity index (χ1) is 9.45. The predicted octanol–water partition coefficient (Wildman–Crippen LogP) is 1.18. The second-order valence-electron chi connectivity index (χ2n) is 4.94. The van der Waals surface area contributed by atoms with Crippen LogP contribution in [0, 0.1) is 6.92 Å². The van der Waals surface area contributed by atoms with Gasteiger partial charge in [0, 0.05) is 31.4 Å². The Morgan fingerprint density at radius 1 is 1.60 bits per heavy atom. The second-order valence-corrected chi connectivity index (χ2v) is 4.94. The van der Waals surface area contributed by atoms with Crippen LogP contribution in [0.15, 0.2) is 23.0 Å². The molecule has 0 saturated heterocycles. The van der Waals surface area contributed by atoms with E-state index in [1.54, 1.807) is 23.9 Å². The summed E-state index contributed by atoms with van der Waals surface area (Å²) in [5, 5.41) is 10.5. The van der Waals surface area contributed by atoms with Crippen molar-refractivity contribution in [2.75, 3.05) is 12.4 Å². The second kappa shape index (κ2) is 5.87. The van der Waals surface area contributed by atoms with E-state index in [0.717, 1.165) is 11.3 Å². The van der Waals surface area contributed by atoms with Gasteiger partial charge in [-0.05, 0) is 20.9 Å². The molecule has 1 amide bonds. The molecule has 0 aliphatic rings. The molecule has 20 heavy (non-hydrogen) atoms. The normalized spacial score (nSPS) is 12.7. The fourth-order valence-corrected chi connectivity index (χ4v) is 1.83. The lowest BCUT2D eigenvalue weighted by Crippen LogP contribution is -2.39. The number of aromatic nitrogens is 3. The van der Waals surface area contributed by atoms with Crippen LogP contribution in [0.2, 0.25) is 0 Å². The Morgan fingerprint density at radius 2 is 2.35 bits per heavy atom. The van der Waals surface area contributed by atoms with Gasteiger partial charge in [0.25, 0.3) is 0 Å². The Hall–Kier alpha value is -2.15. The predicted molar refractivity (Wildman–Crippen MR) is 74.0 cm³/mol. The number of anilines is 1. The van der Waals surface area contributed by atoms with Crippen molar-refractivity contribution in [2.45, 2.75) is 26.4 Å². The number of nitrogens with zero attached hydrogens (tertiary/aromatic N) is 4. The van der Waals surface area contributed by atoms with Gasteiger partial charge in [0.1, 0.15) is 0 Å². The van der Waals surface area contributed by atoms with Gasteiger partial charge in [-0.1, -0.05) is 5.16 Å². The minimum Gasteiger partial charge on any atom is -0.338 e. The van der Waals surface area contributed by atoms with Crippen molar-refractivity contribution >= 4 is 11.8 Å². The highest BCUT2D eigenvalue weighted by Gasteiger charge is 2.19. The van der Waals surface area contributed by atoms with Crippen molar-refractivity contribution < 1.29 is 9.32 Å². The maximum atomic E-state index is 12.1. The minimum atomic E-state index is -0.291. The van der Waals surface area contributed by atoms with Gasteiger partial charge >= 0.3 is 0 Å². The van der Waals surface area contributed by atoms with Crippen molar-refractivity contribution in [1.82, 2.24) is 19.8 Å². The highest BCUT2D eigenvalue weighted by Crippen LogP contribution is 2.11. The van der Waals surface area contributed by atoms with Gasteiger partial charge in [-0.3, -0.25) is 19.7 Å². The summed E-state index contributed by atoms with van der Waals surface area (Å²) in [7, 11) is 3.76. The van der Waals surface area contributed by atoms with E-state index in [9.17, 15) is 4.79 Å². The van der Waals surface area contributed by atoms with Crippen molar-refractivity contribution in [1.29, 1.82) is 0 Å². The first-order valence-corrected chi connectivity index (χ1v) is 6.37. The van der Waals surface area contributed by atoms with E-state index in [1.807, 2.05) is 32.1 Å². The fourth-order valence-electron chi connectivity index (χ4n) is 1.83. The molecule has 2 aromatic rings. The molecule has 1 unspecified atom stereocenters. The van der Waals surface area contributed by atoms with Gasteiger partial charge in [-0.15, -0.1) is 0 Å². The van der Waals surface area contributed by atoms with E-state index in [4.69, 9.17) is 4.52 Å². The summed E-state index contributed by atoms with van der Waals surface area (Å²) < 4.78 is 6.71. The number of aryl methyl sites for hydroxylation is 2. The van der Waals surface area contributed by atoms with Gasteiger partial charge in [0.05, 0.1) is 17.9 Å². The van der Waals surface area contributed by atoms with Crippen molar-refractivity contribution in [3.05, 3.63) is 29.7 Å². The summed E-state index contributed by atoms with van der Waals surface area (Å²) in [5.74, 6) is 0.238. The van der Waals surface area contributed by atoms with Crippen LogP contribution in [0.5, 0.6) is 0 Å². The topological polar surface area (TPSA) is 76.2 Å². The van der Waals surface area contributed by atoms with Gasteiger partial charge in [-0.2, -0.15) is 5.10 Å². The van der Waals surface area contributed by atoms with E-state index >= 15 is 0 Å². The lowest BCUT2D eigenvalue weighted by atomic mass is 10.2. The molecule has 2 heterocycles. The summed E-state index contributed by atoms with van der Waals surface area (Å²) in [6, 6.07) is 1.40. The molecule has 0 radical (unpaired) electrons. The monoisotopic (exact) mass is 277 g/mol. The number of rotatable bonds is 5. The molecule has 0 spiro atoms. The van der Waals surface area contributed by atoms with E-state index in [-0.39, 0.29) is 11.9 Å². The van der Waals surface area contributed by atoms with Crippen LogP contribution in [0.25, 0.3) is 0 Å². The third kappa shape index (κ3) is 3.45. The van der Waals surface area contributed by atoms with E-state index < -0.39 is 0 Å². The van der Waals surface area contributed by atoms with Crippen LogP contribution in [0.4, 0.5) is 5.88 Å². The molecule has 0 aromatic carbocycles. The molecule has 0 fully saturated rings. The van der Waals surface area contributed by atoms with Crippen LogP contribution in [-0.4, -0.2) is 38.8 Å². The molecule has 0 saturated carbocycles. The third-order valence-electron chi connectivity index (χ3n) is 3.11. The molecule has 1 atom stereocenters. The molecule has 1 N–H and O–H groups in total. The van der Waals surface area contributed by atoms with Crippen molar-refractivity contribution in [3.8, 4) is 0 Å². The first kappa shape index (κ1) is 14.3. The lowest BCUT2D eigenvalue weighted by Gasteiger charge is -2.22. The zero-order valence-electron chi connectivity index (χ0n) is 12.1. The zero-order valence-corrected chi connectivity index (χ0v) is 12.1. The van der Waals surface area contributed by atoms with Gasteiger partial charge in [-0.25, -0.2) is 0 Å². The summed E-state index contributed by atoms with van der Waals surface area (Å²) in [4.78, 5) is 14.0. The molecule has 0 aliphatic heterocycles. The van der Waals surface area contributed by atoms with E-state index in [0.29, 0.717) is 12.4 Å². The number of hydrogen-bond donors (Lipinski definition) is 1. The van der Waals surface area contributed by atoms with Crippen LogP contribution in [0.1, 0.15) is 18.2 Å². The Labute approximate surface area is 117 Å². The summed E-state index contributed by atoms with van der Waals surface area (Å²) in [6.45, 7) is 4.30. The highest BCUT2D eigenvalue weighted by molar-refractivity contribution is 5.93. The maximum absolute atomic E-state index is 12.1. The molecule has 7 heteroatoms. The average molecular weight is 277 g/mol. The van der Waals surface area contributed by atoms with E-state index in [1.165, 1.54) is 0 Å². The van der Waals surface area contributed by atoms with Crippen molar-refractivity contribution in [2.24, 2.45) is 7.05 Å². The first-order valence-electron chi connectivity index (χ1n) is 6.37. The fraction of sp³-hybridized carbons (Fsp3) is 0.462. The van der Waals surface area contributed by atoms with Crippen LogP contribution >= 0.6 is 0 Å². The molecular formula is C13H19N5O2. The number of carbonyl (C=O) groups is 1. The number of likely N-dealkylation sites (N-methyl/N-ethyl adjacent to an activating group) is 1. The Bertz CT molecular complexity index is 589. The summed E-state index contributed by atoms with van der Waals surface area (Å²) >= 11 is 0. The third-order valence-corrected chi connectivity index (χ3v) is 3.11. The van der Waals surface area contributed by atoms with Crippen molar-refractivity contribution in [3.63, 3.8) is 0 Å². The standard InChI is InChI=1S/C13H19N5O2/c1-9-5-12(20-16-9)15-13(19)10(2)17(3)7-11-6-14-18(4)8-11/h5-6,8,10H,7H2,1-4H3,(H,15,19). The summed E-state index contributed by atoms with van der Waals surface area (Å²) in [6.07, 6.45) is 3.72. The Balaban J connectivity index is 1.92. The lowest BCUT2D eigenvalue weighted by molar-refractivity contribution is -0.120. The number of hydrogen-bond acceptors (Lipinski definition) is 5. The van der Waals surface area contributed by atoms with E-state index in [2.05, 4.69) is 15.6 Å². The SMILES string of the molecule is Cc1cc(NC(=O)C(C)N(C)Cc2cnn(C)c2)on1. The van der Waals surface area contributed by atoms with Gasteiger partial charge in [0.2, 0.25) is 11.8 Å². The van der Waals surface area contributed by atoms with Crippen LogP contribution in [-0.2, 0) is 18.4 Å². The molecule has 7 nitrogen and oxygen atoms in total. The van der Waals surface area contributed by atoms with Crippen LogP contribution in [0.3, 0.4) is 0 Å². The molecule has 2 rings (SSSR count). The molecule has 0 bridgehead atoms. The minimum absolute atomic E-state index is 0.132. The smallest absolute Gasteiger partial charge is 0.243 e. The molecule has 108 valence electrons. The maximum Gasteiger partial charge on any atom is 0.243 e. The molecule has 0 aliphatic carbocycles. The largest absolute Gasteiger partial charge is 0.338 e. The molecular weight excluding hydrogens is 258 g/mol. The zero-order chi connectivity index (χ0) is 14.7. The average Bonchev–Trinajstić information content (AvgIpc) is 2.97. The number of nitrogens with one attached hydrogen (secondary N) is 1. The summed E-state index contributed by atoms with van der Waals surface area (Å²) in [5.41, 5.74) is 1.79. The Kier molecular flexibility index (Phi) is 4.19. The number of carbonyl (C=O) groups excluding carboxylic acids is 1. The van der Waals surface area contributed by atoms with Gasteiger partial charge in [0.15, 0.2) is 0 Å².